The monoisotopic (exact) mass is 299 g/mol. The van der Waals surface area contributed by atoms with E-state index in [9.17, 15) is 9.59 Å². The summed E-state index contributed by atoms with van der Waals surface area (Å²) in [6.45, 7) is 4.15. The summed E-state index contributed by atoms with van der Waals surface area (Å²) in [6.07, 6.45) is 0.343. The zero-order valence-corrected chi connectivity index (χ0v) is 13.0. The lowest BCUT2D eigenvalue weighted by atomic mass is 10.1. The fourth-order valence-electron chi connectivity index (χ4n) is 2.49. The third-order valence-electron chi connectivity index (χ3n) is 3.49. The molecule has 1 N–H and O–H groups in total. The molecule has 4 nitrogen and oxygen atoms in total. The Bertz CT molecular complexity index is 674. The van der Waals surface area contributed by atoms with Crippen molar-refractivity contribution in [1.29, 1.82) is 0 Å². The Balaban J connectivity index is 2.41. The predicted molar refractivity (Wildman–Crippen MR) is 88.0 cm³/mol. The molecule has 2 rings (SSSR count). The highest BCUT2D eigenvalue weighted by molar-refractivity contribution is 6.03. The lowest BCUT2D eigenvalue weighted by Gasteiger charge is -2.24. The molecule has 0 saturated heterocycles. The molecule has 0 aromatic heterocycles. The van der Waals surface area contributed by atoms with Crippen LogP contribution in [0.3, 0.4) is 0 Å². The molecule has 0 unspecified atom stereocenters. The highest BCUT2D eigenvalue weighted by Gasteiger charge is 2.19. The minimum absolute atomic E-state index is 0.0346. The second kappa shape index (κ2) is 7.07. The van der Waals surface area contributed by atoms with Gasteiger partial charge in [-0.1, -0.05) is 50.2 Å². The molecule has 0 bridgehead atoms. The van der Waals surface area contributed by atoms with Crippen LogP contribution in [-0.2, 0) is 9.59 Å². The van der Waals surface area contributed by atoms with Crippen LogP contribution in [0.5, 0.6) is 0 Å². The fraction of sp³-hybridized carbons (Fsp3) is 0.333. The molecule has 0 spiro atoms. The number of hydrogen-bond donors (Lipinski definition) is 1. The first-order chi connectivity index (χ1) is 10.5. The Morgan fingerprint density at radius 1 is 1.09 bits per heavy atom. The highest BCUT2D eigenvalue weighted by Crippen LogP contribution is 2.27. The standard InChI is InChI=1S/C18H21NO3/c1-13(2)12-17(20)19(11-10-18(21)22)16-9-5-7-14-6-3-4-8-15(14)16/h3-9,13H,10-12H2,1-2H3,(H,21,22). The molecule has 0 fully saturated rings. The molecule has 4 heteroatoms. The third-order valence-corrected chi connectivity index (χ3v) is 3.49. The summed E-state index contributed by atoms with van der Waals surface area (Å²) in [7, 11) is 0. The van der Waals surface area contributed by atoms with E-state index >= 15 is 0 Å². The molecular weight excluding hydrogens is 278 g/mol. The van der Waals surface area contributed by atoms with Crippen LogP contribution in [-0.4, -0.2) is 23.5 Å². The largest absolute Gasteiger partial charge is 0.481 e. The summed E-state index contributed by atoms with van der Waals surface area (Å²) in [6, 6.07) is 13.6. The SMILES string of the molecule is CC(C)CC(=O)N(CCC(=O)O)c1cccc2ccccc12. The number of hydrogen-bond acceptors (Lipinski definition) is 2. The first kappa shape index (κ1) is 16.0. The van der Waals surface area contributed by atoms with E-state index in [1.54, 1.807) is 4.90 Å². The number of carboxylic acids is 1. The van der Waals surface area contributed by atoms with Gasteiger partial charge in [0.1, 0.15) is 0 Å². The minimum atomic E-state index is -0.900. The van der Waals surface area contributed by atoms with E-state index < -0.39 is 5.97 Å². The number of anilines is 1. The normalized spacial score (nSPS) is 10.9. The fourth-order valence-corrected chi connectivity index (χ4v) is 2.49. The van der Waals surface area contributed by atoms with Crippen LogP contribution in [0.4, 0.5) is 5.69 Å². The van der Waals surface area contributed by atoms with Gasteiger partial charge in [-0.25, -0.2) is 0 Å². The zero-order chi connectivity index (χ0) is 16.1. The molecule has 0 radical (unpaired) electrons. The van der Waals surface area contributed by atoms with E-state index in [0.29, 0.717) is 6.42 Å². The Hall–Kier alpha value is -2.36. The van der Waals surface area contributed by atoms with Gasteiger partial charge >= 0.3 is 5.97 Å². The van der Waals surface area contributed by atoms with Gasteiger partial charge in [-0.3, -0.25) is 9.59 Å². The van der Waals surface area contributed by atoms with Crippen LogP contribution < -0.4 is 4.90 Å². The van der Waals surface area contributed by atoms with Gasteiger partial charge in [0.25, 0.3) is 0 Å². The zero-order valence-electron chi connectivity index (χ0n) is 13.0. The number of aliphatic carboxylic acids is 1. The van der Waals surface area contributed by atoms with Crippen molar-refractivity contribution >= 4 is 28.3 Å². The Labute approximate surface area is 130 Å². The highest BCUT2D eigenvalue weighted by atomic mass is 16.4. The van der Waals surface area contributed by atoms with Gasteiger partial charge in [-0.15, -0.1) is 0 Å². The topological polar surface area (TPSA) is 57.6 Å². The van der Waals surface area contributed by atoms with Gasteiger partial charge in [-0.2, -0.15) is 0 Å². The number of carbonyl (C=O) groups is 2. The minimum Gasteiger partial charge on any atom is -0.481 e. The van der Waals surface area contributed by atoms with Crippen molar-refractivity contribution in [2.24, 2.45) is 5.92 Å². The molecule has 1 amide bonds. The summed E-state index contributed by atoms with van der Waals surface area (Å²) in [5.74, 6) is -0.704. The molecule has 22 heavy (non-hydrogen) atoms. The van der Waals surface area contributed by atoms with Crippen molar-refractivity contribution in [1.82, 2.24) is 0 Å². The van der Waals surface area contributed by atoms with E-state index in [2.05, 4.69) is 0 Å². The molecule has 0 aliphatic carbocycles. The average molecular weight is 299 g/mol. The maximum Gasteiger partial charge on any atom is 0.305 e. The summed E-state index contributed by atoms with van der Waals surface area (Å²) < 4.78 is 0. The van der Waals surface area contributed by atoms with Crippen LogP contribution in [0.2, 0.25) is 0 Å². The first-order valence-electron chi connectivity index (χ1n) is 7.49. The number of carbonyl (C=O) groups excluding carboxylic acids is 1. The number of carboxylic acid groups (broad SMARTS) is 1. The van der Waals surface area contributed by atoms with Gasteiger partial charge in [0, 0.05) is 18.4 Å². The second-order valence-electron chi connectivity index (χ2n) is 5.79. The first-order valence-corrected chi connectivity index (χ1v) is 7.49. The molecule has 0 atom stereocenters. The van der Waals surface area contributed by atoms with Gasteiger partial charge in [0.05, 0.1) is 12.1 Å². The maximum atomic E-state index is 12.5. The summed E-state index contributed by atoms with van der Waals surface area (Å²) >= 11 is 0. The van der Waals surface area contributed by atoms with Gasteiger partial charge in [-0.05, 0) is 17.4 Å². The summed E-state index contributed by atoms with van der Waals surface area (Å²) in [5, 5.41) is 11.0. The van der Waals surface area contributed by atoms with Gasteiger partial charge < -0.3 is 10.0 Å². The molecule has 0 saturated carbocycles. The van der Waals surface area contributed by atoms with Crippen LogP contribution in [0, 0.1) is 5.92 Å². The quantitative estimate of drug-likeness (QED) is 0.885. The van der Waals surface area contributed by atoms with Crippen LogP contribution in [0.1, 0.15) is 26.7 Å². The van der Waals surface area contributed by atoms with Gasteiger partial charge in [0.2, 0.25) is 5.91 Å². The number of fused-ring (bicyclic) bond motifs is 1. The lowest BCUT2D eigenvalue weighted by Crippen LogP contribution is -2.33. The number of amides is 1. The summed E-state index contributed by atoms with van der Waals surface area (Å²) in [5.41, 5.74) is 0.782. The Kier molecular flexibility index (Phi) is 5.15. The van der Waals surface area contributed by atoms with Crippen molar-refractivity contribution in [3.05, 3.63) is 42.5 Å². The van der Waals surface area contributed by atoms with Crippen LogP contribution >= 0.6 is 0 Å². The average Bonchev–Trinajstić information content (AvgIpc) is 2.46. The second-order valence-corrected chi connectivity index (χ2v) is 5.79. The van der Waals surface area contributed by atoms with E-state index in [4.69, 9.17) is 5.11 Å². The van der Waals surface area contributed by atoms with Gasteiger partial charge in [0.15, 0.2) is 0 Å². The van der Waals surface area contributed by atoms with Crippen molar-refractivity contribution in [2.75, 3.05) is 11.4 Å². The Morgan fingerprint density at radius 3 is 2.45 bits per heavy atom. The molecule has 2 aromatic carbocycles. The number of rotatable bonds is 6. The van der Waals surface area contributed by atoms with Crippen LogP contribution in [0.15, 0.2) is 42.5 Å². The molecular formula is C18H21NO3. The van der Waals surface area contributed by atoms with E-state index in [1.807, 2.05) is 56.3 Å². The number of benzene rings is 2. The van der Waals surface area contributed by atoms with Crippen molar-refractivity contribution < 1.29 is 14.7 Å². The van der Waals surface area contributed by atoms with Crippen LogP contribution in [0.25, 0.3) is 10.8 Å². The molecule has 2 aromatic rings. The Morgan fingerprint density at radius 2 is 1.77 bits per heavy atom. The van der Waals surface area contributed by atoms with E-state index in [-0.39, 0.29) is 24.8 Å². The third kappa shape index (κ3) is 3.85. The maximum absolute atomic E-state index is 12.5. The van der Waals surface area contributed by atoms with Crippen molar-refractivity contribution in [3.63, 3.8) is 0 Å². The molecule has 0 heterocycles. The molecule has 0 aliphatic rings. The van der Waals surface area contributed by atoms with E-state index in [1.165, 1.54) is 0 Å². The number of nitrogens with zero attached hydrogens (tertiary/aromatic N) is 1. The van der Waals surface area contributed by atoms with E-state index in [0.717, 1.165) is 16.5 Å². The van der Waals surface area contributed by atoms with Crippen molar-refractivity contribution in [2.45, 2.75) is 26.7 Å². The lowest BCUT2D eigenvalue weighted by molar-refractivity contribution is -0.136. The predicted octanol–water partition coefficient (Wildman–Crippen LogP) is 3.69. The summed E-state index contributed by atoms with van der Waals surface area (Å²) in [4.78, 5) is 25.1. The smallest absolute Gasteiger partial charge is 0.305 e. The van der Waals surface area contributed by atoms with Crippen molar-refractivity contribution in [3.8, 4) is 0 Å². The molecule has 116 valence electrons. The molecule has 0 aliphatic heterocycles.